The molecular formula is C15H25BrN2O. The molecule has 2 unspecified atom stereocenters. The van der Waals surface area contributed by atoms with E-state index < -0.39 is 0 Å². The van der Waals surface area contributed by atoms with E-state index in [0.29, 0.717) is 12.1 Å². The summed E-state index contributed by atoms with van der Waals surface area (Å²) in [5, 5.41) is 3.26. The van der Waals surface area contributed by atoms with Crippen molar-refractivity contribution >= 4 is 21.6 Å². The van der Waals surface area contributed by atoms with Crippen molar-refractivity contribution in [1.82, 2.24) is 5.32 Å². The van der Waals surface area contributed by atoms with Crippen LogP contribution in [0.1, 0.15) is 32.4 Å². The zero-order chi connectivity index (χ0) is 14.4. The van der Waals surface area contributed by atoms with Gasteiger partial charge in [-0.3, -0.25) is 0 Å². The Morgan fingerprint density at radius 1 is 1.37 bits per heavy atom. The molecule has 0 aliphatic rings. The largest absolute Gasteiger partial charge is 0.383 e. The summed E-state index contributed by atoms with van der Waals surface area (Å²) < 4.78 is 6.40. The minimum absolute atomic E-state index is 0.343. The molecule has 0 saturated carbocycles. The van der Waals surface area contributed by atoms with Crippen LogP contribution in [0, 0.1) is 0 Å². The molecule has 3 nitrogen and oxygen atoms in total. The number of hydrogen-bond acceptors (Lipinski definition) is 3. The molecule has 1 aromatic carbocycles. The Bertz CT molecular complexity index is 398. The number of benzene rings is 1. The van der Waals surface area contributed by atoms with E-state index in [1.807, 2.05) is 7.05 Å². The van der Waals surface area contributed by atoms with Gasteiger partial charge in [-0.05, 0) is 45.5 Å². The quantitative estimate of drug-likeness (QED) is 0.827. The molecule has 0 saturated heterocycles. The normalized spacial score (nSPS) is 14.2. The zero-order valence-electron chi connectivity index (χ0n) is 12.5. The van der Waals surface area contributed by atoms with Crippen LogP contribution in [0.4, 0.5) is 5.69 Å². The number of hydrogen-bond donors (Lipinski definition) is 1. The monoisotopic (exact) mass is 328 g/mol. The summed E-state index contributed by atoms with van der Waals surface area (Å²) in [4.78, 5) is 2.35. The molecule has 1 aromatic rings. The third kappa shape index (κ3) is 4.20. The fourth-order valence-electron chi connectivity index (χ4n) is 2.28. The van der Waals surface area contributed by atoms with Gasteiger partial charge in [-0.2, -0.15) is 0 Å². The number of nitrogens with zero attached hydrogens (tertiary/aromatic N) is 1. The highest BCUT2D eigenvalue weighted by molar-refractivity contribution is 9.10. The Labute approximate surface area is 125 Å². The summed E-state index contributed by atoms with van der Waals surface area (Å²) in [6.07, 6.45) is 0. The minimum Gasteiger partial charge on any atom is -0.383 e. The van der Waals surface area contributed by atoms with Crippen LogP contribution in [0.5, 0.6) is 0 Å². The molecule has 0 radical (unpaired) electrons. The first-order chi connectivity index (χ1) is 9.04. The predicted molar refractivity (Wildman–Crippen MR) is 86.0 cm³/mol. The molecule has 0 aliphatic heterocycles. The van der Waals surface area contributed by atoms with Gasteiger partial charge in [0, 0.05) is 35.9 Å². The van der Waals surface area contributed by atoms with Gasteiger partial charge < -0.3 is 15.0 Å². The molecule has 0 fully saturated rings. The van der Waals surface area contributed by atoms with E-state index in [-0.39, 0.29) is 0 Å². The summed E-state index contributed by atoms with van der Waals surface area (Å²) in [5.74, 6) is 0. The van der Waals surface area contributed by atoms with E-state index in [0.717, 1.165) is 17.6 Å². The molecule has 0 spiro atoms. The highest BCUT2D eigenvalue weighted by Crippen LogP contribution is 2.29. The van der Waals surface area contributed by atoms with Crippen molar-refractivity contribution in [3.8, 4) is 0 Å². The third-order valence-electron chi connectivity index (χ3n) is 3.50. The van der Waals surface area contributed by atoms with E-state index in [1.54, 1.807) is 7.11 Å². The maximum Gasteiger partial charge on any atom is 0.0663 e. The van der Waals surface area contributed by atoms with Crippen molar-refractivity contribution in [2.75, 3.05) is 32.2 Å². The minimum atomic E-state index is 0.343. The van der Waals surface area contributed by atoms with Crippen LogP contribution < -0.4 is 10.2 Å². The lowest BCUT2D eigenvalue weighted by Gasteiger charge is -2.30. The standard InChI is InChI=1S/C15H25BrN2O/c1-6-18(11(2)10-19-5)13-7-8-14(12(3)17-4)15(16)9-13/h7-9,11-12,17H,6,10H2,1-5H3. The van der Waals surface area contributed by atoms with E-state index in [4.69, 9.17) is 4.74 Å². The smallest absolute Gasteiger partial charge is 0.0663 e. The number of likely N-dealkylation sites (N-methyl/N-ethyl adjacent to an activating group) is 1. The van der Waals surface area contributed by atoms with E-state index in [2.05, 4.69) is 65.1 Å². The van der Waals surface area contributed by atoms with Crippen LogP contribution in [0.15, 0.2) is 22.7 Å². The lowest BCUT2D eigenvalue weighted by atomic mass is 10.1. The second-order valence-corrected chi connectivity index (χ2v) is 5.66. The fraction of sp³-hybridized carbons (Fsp3) is 0.600. The Morgan fingerprint density at radius 2 is 2.05 bits per heavy atom. The van der Waals surface area contributed by atoms with Gasteiger partial charge in [0.25, 0.3) is 0 Å². The fourth-order valence-corrected chi connectivity index (χ4v) is 2.99. The van der Waals surface area contributed by atoms with Crippen LogP contribution in [-0.4, -0.2) is 33.4 Å². The zero-order valence-corrected chi connectivity index (χ0v) is 14.1. The van der Waals surface area contributed by atoms with Crippen LogP contribution in [0.25, 0.3) is 0 Å². The first-order valence-electron chi connectivity index (χ1n) is 6.77. The number of nitrogens with one attached hydrogen (secondary N) is 1. The molecule has 0 aliphatic carbocycles. The Kier molecular flexibility index (Phi) is 6.83. The van der Waals surface area contributed by atoms with Gasteiger partial charge in [-0.15, -0.1) is 0 Å². The summed E-state index contributed by atoms with van der Waals surface area (Å²) >= 11 is 3.68. The van der Waals surface area contributed by atoms with Crippen molar-refractivity contribution in [1.29, 1.82) is 0 Å². The van der Waals surface area contributed by atoms with Crippen LogP contribution in [-0.2, 0) is 4.74 Å². The lowest BCUT2D eigenvalue weighted by Crippen LogP contribution is -2.36. The first kappa shape index (κ1) is 16.5. The molecule has 2 atom stereocenters. The van der Waals surface area contributed by atoms with Crippen molar-refractivity contribution in [3.05, 3.63) is 28.2 Å². The summed E-state index contributed by atoms with van der Waals surface area (Å²) in [6, 6.07) is 7.27. The van der Waals surface area contributed by atoms with Gasteiger partial charge in [0.1, 0.15) is 0 Å². The molecular weight excluding hydrogens is 304 g/mol. The molecule has 108 valence electrons. The second kappa shape index (κ2) is 7.88. The Hall–Kier alpha value is -0.580. The molecule has 0 aromatic heterocycles. The number of rotatable bonds is 7. The SMILES string of the molecule is CCN(c1ccc(C(C)NC)c(Br)c1)C(C)COC. The number of halogens is 1. The number of anilines is 1. The third-order valence-corrected chi connectivity index (χ3v) is 4.18. The van der Waals surface area contributed by atoms with Crippen molar-refractivity contribution in [2.45, 2.75) is 32.9 Å². The van der Waals surface area contributed by atoms with E-state index >= 15 is 0 Å². The van der Waals surface area contributed by atoms with Crippen molar-refractivity contribution in [2.24, 2.45) is 0 Å². The topological polar surface area (TPSA) is 24.5 Å². The molecule has 0 amide bonds. The van der Waals surface area contributed by atoms with Gasteiger partial charge in [-0.25, -0.2) is 0 Å². The van der Waals surface area contributed by atoms with E-state index in [1.165, 1.54) is 11.3 Å². The molecule has 19 heavy (non-hydrogen) atoms. The maximum atomic E-state index is 5.25. The lowest BCUT2D eigenvalue weighted by molar-refractivity contribution is 0.182. The number of ether oxygens (including phenoxy) is 1. The highest BCUT2D eigenvalue weighted by atomic mass is 79.9. The van der Waals surface area contributed by atoms with Gasteiger partial charge in [0.2, 0.25) is 0 Å². The summed E-state index contributed by atoms with van der Waals surface area (Å²) in [6.45, 7) is 8.22. The maximum absolute atomic E-state index is 5.25. The summed E-state index contributed by atoms with van der Waals surface area (Å²) in [5.41, 5.74) is 2.51. The van der Waals surface area contributed by atoms with Gasteiger partial charge in [0.15, 0.2) is 0 Å². The molecule has 0 bridgehead atoms. The van der Waals surface area contributed by atoms with Crippen molar-refractivity contribution < 1.29 is 4.74 Å². The average molecular weight is 329 g/mol. The second-order valence-electron chi connectivity index (χ2n) is 4.81. The molecule has 4 heteroatoms. The number of methoxy groups -OCH3 is 1. The van der Waals surface area contributed by atoms with Gasteiger partial charge >= 0.3 is 0 Å². The van der Waals surface area contributed by atoms with Gasteiger partial charge in [-0.1, -0.05) is 22.0 Å². The predicted octanol–water partition coefficient (Wildman–Crippen LogP) is 3.59. The first-order valence-corrected chi connectivity index (χ1v) is 7.56. The Balaban J connectivity index is 2.97. The van der Waals surface area contributed by atoms with Crippen LogP contribution >= 0.6 is 15.9 Å². The van der Waals surface area contributed by atoms with Crippen molar-refractivity contribution in [3.63, 3.8) is 0 Å². The molecule has 1 rings (SSSR count). The van der Waals surface area contributed by atoms with Crippen LogP contribution in [0.3, 0.4) is 0 Å². The Morgan fingerprint density at radius 3 is 2.53 bits per heavy atom. The highest BCUT2D eigenvalue weighted by Gasteiger charge is 2.15. The molecule has 1 N–H and O–H groups in total. The molecule has 0 heterocycles. The average Bonchev–Trinajstić information content (AvgIpc) is 2.39. The van der Waals surface area contributed by atoms with Gasteiger partial charge in [0.05, 0.1) is 6.61 Å². The summed E-state index contributed by atoms with van der Waals surface area (Å²) in [7, 11) is 3.72. The van der Waals surface area contributed by atoms with E-state index in [9.17, 15) is 0 Å². The van der Waals surface area contributed by atoms with Crippen LogP contribution in [0.2, 0.25) is 0 Å².